The number of carboxylic acid groups (broad SMARTS) is 1. The molecule has 1 saturated heterocycles. The molecular formula is C14H17Cl2N3O4. The van der Waals surface area contributed by atoms with E-state index in [1.54, 1.807) is 18.2 Å². The summed E-state index contributed by atoms with van der Waals surface area (Å²) in [7, 11) is 0. The monoisotopic (exact) mass is 361 g/mol. The van der Waals surface area contributed by atoms with Gasteiger partial charge in [-0.15, -0.1) is 0 Å². The van der Waals surface area contributed by atoms with Crippen molar-refractivity contribution < 1.29 is 19.8 Å². The molecule has 1 aromatic carbocycles. The van der Waals surface area contributed by atoms with Crippen molar-refractivity contribution in [2.45, 2.75) is 12.5 Å². The summed E-state index contributed by atoms with van der Waals surface area (Å²) in [6.45, 7) is 0.695. The van der Waals surface area contributed by atoms with Crippen LogP contribution in [0.4, 0.5) is 4.79 Å². The van der Waals surface area contributed by atoms with Crippen LogP contribution in [0.25, 0.3) is 0 Å². The van der Waals surface area contributed by atoms with Gasteiger partial charge in [-0.25, -0.2) is 4.79 Å². The molecule has 1 aliphatic rings. The zero-order chi connectivity index (χ0) is 17.0. The van der Waals surface area contributed by atoms with E-state index in [1.807, 2.05) is 0 Å². The molecule has 1 aliphatic heterocycles. The Labute approximate surface area is 143 Å². The molecule has 0 unspecified atom stereocenters. The van der Waals surface area contributed by atoms with Gasteiger partial charge >= 0.3 is 6.09 Å². The third-order valence-corrected chi connectivity index (χ3v) is 4.42. The third kappa shape index (κ3) is 4.40. The highest BCUT2D eigenvalue weighted by Crippen LogP contribution is 2.34. The lowest BCUT2D eigenvalue weighted by Gasteiger charge is -2.26. The highest BCUT2D eigenvalue weighted by molar-refractivity contribution is 6.42. The largest absolute Gasteiger partial charge is 0.465 e. The second kappa shape index (κ2) is 7.72. The molecule has 2 rings (SSSR count). The number of benzene rings is 1. The Balaban J connectivity index is 2.32. The average molecular weight is 362 g/mol. The highest BCUT2D eigenvalue weighted by atomic mass is 35.5. The Morgan fingerprint density at radius 1 is 1.43 bits per heavy atom. The minimum absolute atomic E-state index is 0.0101. The number of nitrogens with two attached hydrogens (primary N) is 1. The van der Waals surface area contributed by atoms with Gasteiger partial charge < -0.3 is 25.7 Å². The van der Waals surface area contributed by atoms with E-state index in [0.29, 0.717) is 10.0 Å². The van der Waals surface area contributed by atoms with Crippen LogP contribution in [0.5, 0.6) is 0 Å². The molecule has 126 valence electrons. The molecule has 1 amide bonds. The first kappa shape index (κ1) is 17.7. The van der Waals surface area contributed by atoms with Crippen molar-refractivity contribution >= 4 is 35.1 Å². The fourth-order valence-electron chi connectivity index (χ4n) is 2.61. The summed E-state index contributed by atoms with van der Waals surface area (Å²) >= 11 is 12.0. The van der Waals surface area contributed by atoms with Crippen molar-refractivity contribution in [1.29, 1.82) is 0 Å². The van der Waals surface area contributed by atoms with E-state index in [4.69, 9.17) is 38.9 Å². The normalized spacial score (nSPS) is 22.7. The van der Waals surface area contributed by atoms with Crippen molar-refractivity contribution in [3.05, 3.63) is 33.8 Å². The van der Waals surface area contributed by atoms with Gasteiger partial charge in [0.2, 0.25) is 0 Å². The first-order valence-corrected chi connectivity index (χ1v) is 7.68. The van der Waals surface area contributed by atoms with Crippen LogP contribution in [0.2, 0.25) is 10.0 Å². The van der Waals surface area contributed by atoms with E-state index in [1.165, 1.54) is 4.90 Å². The van der Waals surface area contributed by atoms with Crippen LogP contribution < -0.4 is 5.73 Å². The van der Waals surface area contributed by atoms with E-state index < -0.39 is 12.2 Å². The van der Waals surface area contributed by atoms with Crippen LogP contribution >= 0.6 is 23.2 Å². The summed E-state index contributed by atoms with van der Waals surface area (Å²) < 4.78 is 5.82. The van der Waals surface area contributed by atoms with Gasteiger partial charge in [0.25, 0.3) is 0 Å². The quantitative estimate of drug-likeness (QED) is 0.332. The fourth-order valence-corrected chi connectivity index (χ4v) is 2.92. The van der Waals surface area contributed by atoms with E-state index in [2.05, 4.69) is 5.16 Å². The van der Waals surface area contributed by atoms with Crippen molar-refractivity contribution in [1.82, 2.24) is 4.90 Å². The summed E-state index contributed by atoms with van der Waals surface area (Å²) in [4.78, 5) is 12.5. The number of oxime groups is 1. The van der Waals surface area contributed by atoms with Crippen LogP contribution in [0.3, 0.4) is 0 Å². The van der Waals surface area contributed by atoms with Gasteiger partial charge in [0, 0.05) is 25.4 Å². The van der Waals surface area contributed by atoms with Gasteiger partial charge in [0.05, 0.1) is 22.8 Å². The van der Waals surface area contributed by atoms with Gasteiger partial charge in [-0.1, -0.05) is 34.4 Å². The molecule has 0 aliphatic carbocycles. The van der Waals surface area contributed by atoms with Gasteiger partial charge in [-0.2, -0.15) is 0 Å². The molecule has 0 bridgehead atoms. The molecule has 2 atom stereocenters. The predicted octanol–water partition coefficient (Wildman–Crippen LogP) is 2.80. The summed E-state index contributed by atoms with van der Waals surface area (Å²) in [5, 5.41) is 21.8. The second-order valence-corrected chi connectivity index (χ2v) is 6.06. The molecule has 0 saturated carbocycles. The van der Waals surface area contributed by atoms with Crippen molar-refractivity contribution in [3.63, 3.8) is 0 Å². The van der Waals surface area contributed by atoms with Gasteiger partial charge in [0.15, 0.2) is 0 Å². The number of amides is 1. The van der Waals surface area contributed by atoms with Crippen molar-refractivity contribution in [2.24, 2.45) is 16.8 Å². The fraction of sp³-hybridized carbons (Fsp3) is 0.429. The van der Waals surface area contributed by atoms with Crippen LogP contribution in [0.15, 0.2) is 23.4 Å². The smallest absolute Gasteiger partial charge is 0.407 e. The Hall–Kier alpha value is -1.70. The van der Waals surface area contributed by atoms with Crippen LogP contribution in [0, 0.1) is 5.92 Å². The molecule has 0 aromatic heterocycles. The summed E-state index contributed by atoms with van der Waals surface area (Å²) in [5.74, 6) is -0.308. The van der Waals surface area contributed by atoms with Crippen molar-refractivity contribution in [2.75, 3.05) is 19.7 Å². The van der Waals surface area contributed by atoms with E-state index in [-0.39, 0.29) is 37.9 Å². The first-order chi connectivity index (χ1) is 10.9. The van der Waals surface area contributed by atoms with Crippen LogP contribution in [0.1, 0.15) is 18.1 Å². The number of amidine groups is 1. The molecule has 0 spiro atoms. The standard InChI is InChI=1S/C14H17Cl2N3O4/c15-10-2-1-8(5-11(10)16)13-9(6-12(17)18-22)7-19(14(20)21)3-4-23-13/h1-2,5,9,13,22H,3-4,6-7H2,(H2,17,18)(H,20,21)/t9-,13+/m1/s1. The minimum atomic E-state index is -1.03. The average Bonchev–Trinajstić information content (AvgIpc) is 2.72. The Morgan fingerprint density at radius 3 is 2.78 bits per heavy atom. The lowest BCUT2D eigenvalue weighted by molar-refractivity contribution is 0.0324. The maximum atomic E-state index is 11.3. The topological polar surface area (TPSA) is 108 Å². The minimum Gasteiger partial charge on any atom is -0.465 e. The molecule has 1 heterocycles. The predicted molar refractivity (Wildman–Crippen MR) is 86.3 cm³/mol. The highest BCUT2D eigenvalue weighted by Gasteiger charge is 2.32. The Bertz CT molecular complexity index is 612. The lowest BCUT2D eigenvalue weighted by atomic mass is 9.92. The molecule has 0 radical (unpaired) electrons. The number of rotatable bonds is 3. The number of hydrogen-bond acceptors (Lipinski definition) is 4. The molecule has 4 N–H and O–H groups in total. The van der Waals surface area contributed by atoms with Gasteiger partial charge in [-0.05, 0) is 17.7 Å². The third-order valence-electron chi connectivity index (χ3n) is 3.68. The van der Waals surface area contributed by atoms with E-state index >= 15 is 0 Å². The van der Waals surface area contributed by atoms with Crippen LogP contribution in [-0.4, -0.2) is 46.8 Å². The number of carbonyl (C=O) groups is 1. The summed E-state index contributed by atoms with van der Waals surface area (Å²) in [5.41, 5.74) is 6.37. The SMILES string of the molecule is N/C(C[C@@H]1CN(C(=O)O)CCO[C@H]1c1ccc(Cl)c(Cl)c1)=N/O. The molecular weight excluding hydrogens is 345 g/mol. The van der Waals surface area contributed by atoms with Gasteiger partial charge in [-0.3, -0.25) is 0 Å². The number of hydrogen-bond donors (Lipinski definition) is 3. The van der Waals surface area contributed by atoms with E-state index in [0.717, 1.165) is 5.56 Å². The number of halogens is 2. The lowest BCUT2D eigenvalue weighted by Crippen LogP contribution is -2.36. The zero-order valence-electron chi connectivity index (χ0n) is 12.2. The molecule has 23 heavy (non-hydrogen) atoms. The molecule has 7 nitrogen and oxygen atoms in total. The molecule has 1 fully saturated rings. The van der Waals surface area contributed by atoms with E-state index in [9.17, 15) is 9.90 Å². The Morgan fingerprint density at radius 2 is 2.17 bits per heavy atom. The molecule has 1 aromatic rings. The van der Waals surface area contributed by atoms with Gasteiger partial charge in [0.1, 0.15) is 5.84 Å². The Kier molecular flexibility index (Phi) is 5.92. The maximum Gasteiger partial charge on any atom is 0.407 e. The molecule has 9 heteroatoms. The first-order valence-electron chi connectivity index (χ1n) is 6.93. The number of nitrogens with zero attached hydrogens (tertiary/aromatic N) is 2. The zero-order valence-corrected chi connectivity index (χ0v) is 13.7. The summed E-state index contributed by atoms with van der Waals surface area (Å²) in [6.07, 6.45) is -1.28. The van der Waals surface area contributed by atoms with Crippen LogP contribution in [-0.2, 0) is 4.74 Å². The maximum absolute atomic E-state index is 11.3. The number of ether oxygens (including phenoxy) is 1. The second-order valence-electron chi connectivity index (χ2n) is 5.25. The summed E-state index contributed by atoms with van der Waals surface area (Å²) in [6, 6.07) is 5.11. The van der Waals surface area contributed by atoms with Crippen molar-refractivity contribution in [3.8, 4) is 0 Å².